The molecule has 0 amide bonds. The number of anilines is 1. The average molecular weight is 353 g/mol. The molecule has 1 aromatic heterocycles. The maximum atomic E-state index is 11.6. The van der Waals surface area contributed by atoms with E-state index in [0.29, 0.717) is 29.7 Å². The molecule has 0 aliphatic carbocycles. The summed E-state index contributed by atoms with van der Waals surface area (Å²) in [4.78, 5) is 19.3. The van der Waals surface area contributed by atoms with Gasteiger partial charge in [-0.1, -0.05) is 31.2 Å². The lowest BCUT2D eigenvalue weighted by molar-refractivity contribution is -0.384. The highest BCUT2D eigenvalue weighted by molar-refractivity contribution is 5.86. The molecule has 2 aromatic carbocycles. The second-order valence-corrected chi connectivity index (χ2v) is 5.75. The summed E-state index contributed by atoms with van der Waals surface area (Å²) in [5, 5.41) is 23.1. The van der Waals surface area contributed by atoms with Crippen LogP contribution < -0.4 is 10.4 Å². The third-order valence-corrected chi connectivity index (χ3v) is 3.98. The van der Waals surface area contributed by atoms with E-state index in [4.69, 9.17) is 5.11 Å². The molecule has 0 bridgehead atoms. The number of aliphatic hydroxyl groups excluding tert-OH is 1. The summed E-state index contributed by atoms with van der Waals surface area (Å²) in [6, 6.07) is 10.6. The topological polar surface area (TPSA) is 104 Å². The van der Waals surface area contributed by atoms with Crippen molar-refractivity contribution in [1.82, 2.24) is 15.4 Å². The minimum atomic E-state index is -0.402. The normalized spacial score (nSPS) is 10.8. The van der Waals surface area contributed by atoms with Crippen LogP contribution in [0.2, 0.25) is 0 Å². The first kappa shape index (κ1) is 17.7. The van der Waals surface area contributed by atoms with Gasteiger partial charge in [0.05, 0.1) is 23.6 Å². The van der Waals surface area contributed by atoms with Crippen molar-refractivity contribution < 1.29 is 10.0 Å². The lowest BCUT2D eigenvalue weighted by Gasteiger charge is -2.25. The maximum Gasteiger partial charge on any atom is 0.294 e. The molecule has 3 rings (SSSR count). The van der Waals surface area contributed by atoms with E-state index in [9.17, 15) is 10.1 Å². The fraction of sp³-hybridized carbons (Fsp3) is 0.222. The van der Waals surface area contributed by atoms with Gasteiger partial charge in [0.25, 0.3) is 5.69 Å². The Morgan fingerprint density at radius 2 is 1.96 bits per heavy atom. The Hall–Kier alpha value is -3.10. The molecule has 1 heterocycles. The molecule has 26 heavy (non-hydrogen) atoms. The Morgan fingerprint density at radius 3 is 2.62 bits per heavy atom. The molecule has 0 atom stereocenters. The second-order valence-electron chi connectivity index (χ2n) is 5.75. The molecule has 0 unspecified atom stereocenters. The summed E-state index contributed by atoms with van der Waals surface area (Å²) in [6.07, 6.45) is 2.98. The van der Waals surface area contributed by atoms with Crippen LogP contribution in [-0.4, -0.2) is 26.5 Å². The van der Waals surface area contributed by atoms with Crippen LogP contribution in [0.25, 0.3) is 10.9 Å². The van der Waals surface area contributed by atoms with Gasteiger partial charge in [0, 0.05) is 24.2 Å². The van der Waals surface area contributed by atoms with E-state index in [1.807, 2.05) is 31.2 Å². The minimum Gasteiger partial charge on any atom is -0.392 e. The molecule has 0 saturated heterocycles. The summed E-state index contributed by atoms with van der Waals surface area (Å²) in [7, 11) is 0. The monoisotopic (exact) mass is 353 g/mol. The number of aromatic nitrogens is 2. The van der Waals surface area contributed by atoms with Crippen LogP contribution in [-0.2, 0) is 13.2 Å². The molecule has 0 spiro atoms. The number of hydrazine groups is 1. The smallest absolute Gasteiger partial charge is 0.294 e. The number of nitro groups is 1. The fourth-order valence-electron chi connectivity index (χ4n) is 2.72. The number of nitrogens with one attached hydrogen (secondary N) is 1. The fourth-order valence-corrected chi connectivity index (χ4v) is 2.72. The van der Waals surface area contributed by atoms with Crippen molar-refractivity contribution in [2.45, 2.75) is 20.1 Å². The van der Waals surface area contributed by atoms with Crippen molar-refractivity contribution in [3.63, 3.8) is 0 Å². The number of fused-ring (bicyclic) bond motifs is 1. The van der Waals surface area contributed by atoms with Crippen LogP contribution in [0.5, 0.6) is 0 Å². The molecular weight excluding hydrogens is 334 g/mol. The standard InChI is InChI=1S/C18H19N5O3/c1-2-21-22(10-13-3-5-14(11-24)6-4-13)17-8-16-15(9-19-12-20-16)7-18(17)23(25)26/h3-9,12,21,24H,2,10-11H2,1H3. The molecule has 3 aromatic rings. The third-order valence-electron chi connectivity index (χ3n) is 3.98. The van der Waals surface area contributed by atoms with E-state index in [1.54, 1.807) is 17.3 Å². The van der Waals surface area contributed by atoms with E-state index in [0.717, 1.165) is 11.1 Å². The van der Waals surface area contributed by atoms with Gasteiger partial charge in [0.15, 0.2) is 0 Å². The highest BCUT2D eigenvalue weighted by Crippen LogP contribution is 2.32. The van der Waals surface area contributed by atoms with Gasteiger partial charge in [0.1, 0.15) is 12.0 Å². The lowest BCUT2D eigenvalue weighted by atomic mass is 10.1. The van der Waals surface area contributed by atoms with Gasteiger partial charge < -0.3 is 5.11 Å². The number of nitrogens with zero attached hydrogens (tertiary/aromatic N) is 4. The van der Waals surface area contributed by atoms with Crippen LogP contribution in [0.15, 0.2) is 48.9 Å². The Kier molecular flexibility index (Phi) is 5.35. The second kappa shape index (κ2) is 7.85. The summed E-state index contributed by atoms with van der Waals surface area (Å²) in [6.45, 7) is 2.94. The van der Waals surface area contributed by atoms with Gasteiger partial charge in [-0.15, -0.1) is 0 Å². The van der Waals surface area contributed by atoms with Gasteiger partial charge >= 0.3 is 0 Å². The van der Waals surface area contributed by atoms with E-state index in [2.05, 4.69) is 15.4 Å². The minimum absolute atomic E-state index is 0.0137. The SMILES string of the molecule is CCNN(Cc1ccc(CO)cc1)c1cc2ncncc2cc1[N+](=O)[O-]. The van der Waals surface area contributed by atoms with Gasteiger partial charge in [-0.3, -0.25) is 15.1 Å². The molecule has 2 N–H and O–H groups in total. The van der Waals surface area contributed by atoms with Gasteiger partial charge in [0.2, 0.25) is 0 Å². The Balaban J connectivity index is 2.02. The molecule has 8 nitrogen and oxygen atoms in total. The first-order chi connectivity index (χ1) is 12.6. The Labute approximate surface area is 150 Å². The Bertz CT molecular complexity index is 914. The first-order valence-electron chi connectivity index (χ1n) is 8.20. The zero-order valence-corrected chi connectivity index (χ0v) is 14.3. The van der Waals surface area contributed by atoms with Crippen molar-refractivity contribution >= 4 is 22.3 Å². The third kappa shape index (κ3) is 3.76. The van der Waals surface area contributed by atoms with Crippen LogP contribution >= 0.6 is 0 Å². The number of hydrogen-bond donors (Lipinski definition) is 2. The Morgan fingerprint density at radius 1 is 1.23 bits per heavy atom. The van der Waals surface area contributed by atoms with Gasteiger partial charge in [-0.25, -0.2) is 15.4 Å². The van der Waals surface area contributed by atoms with Crippen LogP contribution in [0, 0.1) is 10.1 Å². The summed E-state index contributed by atoms with van der Waals surface area (Å²) < 4.78 is 0. The number of rotatable bonds is 7. The molecular formula is C18H19N5O3. The molecule has 0 aliphatic heterocycles. The van der Waals surface area contributed by atoms with Crippen LogP contribution in [0.1, 0.15) is 18.1 Å². The highest BCUT2D eigenvalue weighted by atomic mass is 16.6. The number of aliphatic hydroxyl groups is 1. The zero-order chi connectivity index (χ0) is 18.5. The maximum absolute atomic E-state index is 11.6. The number of benzene rings is 2. The van der Waals surface area contributed by atoms with Crippen molar-refractivity contribution in [3.05, 3.63) is 70.2 Å². The van der Waals surface area contributed by atoms with Crippen molar-refractivity contribution in [1.29, 1.82) is 0 Å². The van der Waals surface area contributed by atoms with E-state index >= 15 is 0 Å². The van der Waals surface area contributed by atoms with E-state index in [-0.39, 0.29) is 12.3 Å². The molecule has 0 aliphatic rings. The zero-order valence-electron chi connectivity index (χ0n) is 14.3. The van der Waals surface area contributed by atoms with Crippen molar-refractivity contribution in [3.8, 4) is 0 Å². The molecule has 0 fully saturated rings. The predicted octanol–water partition coefficient (Wildman–Crippen LogP) is 2.56. The quantitative estimate of drug-likeness (QED) is 0.497. The van der Waals surface area contributed by atoms with Crippen LogP contribution in [0.4, 0.5) is 11.4 Å². The first-order valence-corrected chi connectivity index (χ1v) is 8.20. The van der Waals surface area contributed by atoms with Crippen molar-refractivity contribution in [2.75, 3.05) is 11.6 Å². The summed E-state index contributed by atoms with van der Waals surface area (Å²) >= 11 is 0. The molecule has 8 heteroatoms. The van der Waals surface area contributed by atoms with Gasteiger partial charge in [-0.2, -0.15) is 0 Å². The molecule has 0 saturated carbocycles. The number of nitro benzene ring substituents is 1. The highest BCUT2D eigenvalue weighted by Gasteiger charge is 2.21. The predicted molar refractivity (Wildman–Crippen MR) is 98.4 cm³/mol. The summed E-state index contributed by atoms with van der Waals surface area (Å²) in [5.41, 5.74) is 6.01. The van der Waals surface area contributed by atoms with Crippen LogP contribution in [0.3, 0.4) is 0 Å². The van der Waals surface area contributed by atoms with Crippen molar-refractivity contribution in [2.24, 2.45) is 0 Å². The largest absolute Gasteiger partial charge is 0.392 e. The summed E-state index contributed by atoms with van der Waals surface area (Å²) in [5.74, 6) is 0. The van der Waals surface area contributed by atoms with E-state index in [1.165, 1.54) is 12.4 Å². The van der Waals surface area contributed by atoms with Gasteiger partial charge in [-0.05, 0) is 17.2 Å². The average Bonchev–Trinajstić information content (AvgIpc) is 2.67. The lowest BCUT2D eigenvalue weighted by Crippen LogP contribution is -2.37. The van der Waals surface area contributed by atoms with E-state index < -0.39 is 4.92 Å². The number of hydrogen-bond acceptors (Lipinski definition) is 7. The molecule has 0 radical (unpaired) electrons. The molecule has 134 valence electrons.